The van der Waals surface area contributed by atoms with Gasteiger partial charge in [0.1, 0.15) is 0 Å². The van der Waals surface area contributed by atoms with Crippen LogP contribution in [0.1, 0.15) is 26.3 Å². The maximum atomic E-state index is 11.3. The van der Waals surface area contributed by atoms with Gasteiger partial charge in [0.25, 0.3) is 0 Å². The average molecular weight is 324 g/mol. The number of aliphatic hydroxyl groups is 1. The lowest BCUT2D eigenvalue weighted by Gasteiger charge is -2.44. The lowest BCUT2D eigenvalue weighted by atomic mass is 10.2. The summed E-state index contributed by atoms with van der Waals surface area (Å²) in [6, 6.07) is 9.76. The first kappa shape index (κ1) is 18.9. The van der Waals surface area contributed by atoms with Crippen LogP contribution in [-0.4, -0.2) is 37.0 Å². The predicted octanol–water partition coefficient (Wildman–Crippen LogP) is 3.53. The molecule has 0 saturated carbocycles. The third-order valence-corrected chi connectivity index (χ3v) is 11.1. The molecule has 2 N–H and O–H groups in total. The second-order valence-corrected chi connectivity index (χ2v) is 13.0. The number of benzene rings is 1. The Bertz CT molecular complexity index is 479. The Morgan fingerprint density at radius 2 is 1.77 bits per heavy atom. The first-order valence-corrected chi connectivity index (χ1v) is 10.7. The lowest BCUT2D eigenvalue weighted by molar-refractivity contribution is -0.147. The summed E-state index contributed by atoms with van der Waals surface area (Å²) >= 11 is 0. The second-order valence-electron chi connectivity index (χ2n) is 7.36. The summed E-state index contributed by atoms with van der Waals surface area (Å²) in [6.07, 6.45) is -1.38. The van der Waals surface area contributed by atoms with Crippen LogP contribution < -0.4 is 0 Å². The van der Waals surface area contributed by atoms with Crippen LogP contribution in [0.4, 0.5) is 0 Å². The van der Waals surface area contributed by atoms with E-state index in [9.17, 15) is 15.0 Å². The van der Waals surface area contributed by atoms with Gasteiger partial charge in [0.15, 0.2) is 6.10 Å². The highest BCUT2D eigenvalue weighted by Gasteiger charge is 2.47. The van der Waals surface area contributed by atoms with Crippen LogP contribution in [0.15, 0.2) is 30.3 Å². The number of carbonyl (C=O) groups is 1. The SMILES string of the molecule is CC(C)(C)[Si](C)(C)C(COCc1ccccc1)[C@@H](O)C(=O)O. The van der Waals surface area contributed by atoms with Gasteiger partial charge in [-0.3, -0.25) is 0 Å². The fraction of sp³-hybridized carbons (Fsp3) is 0.588. The van der Waals surface area contributed by atoms with E-state index >= 15 is 0 Å². The molecule has 2 atom stereocenters. The van der Waals surface area contributed by atoms with E-state index in [1.807, 2.05) is 30.3 Å². The fourth-order valence-electron chi connectivity index (χ4n) is 2.30. The van der Waals surface area contributed by atoms with E-state index in [2.05, 4.69) is 33.9 Å². The maximum absolute atomic E-state index is 11.3. The number of rotatable bonds is 7. The van der Waals surface area contributed by atoms with Crippen molar-refractivity contribution in [2.75, 3.05) is 6.61 Å². The average Bonchev–Trinajstić information content (AvgIpc) is 2.42. The van der Waals surface area contributed by atoms with Crippen molar-refractivity contribution in [2.45, 2.75) is 57.2 Å². The molecule has 0 aliphatic rings. The van der Waals surface area contributed by atoms with Crippen LogP contribution in [0.25, 0.3) is 0 Å². The third kappa shape index (κ3) is 4.66. The fourth-order valence-corrected chi connectivity index (χ4v) is 4.88. The van der Waals surface area contributed by atoms with Crippen LogP contribution in [0, 0.1) is 0 Å². The molecule has 1 aromatic rings. The monoisotopic (exact) mass is 324 g/mol. The van der Waals surface area contributed by atoms with Crippen LogP contribution in [0.3, 0.4) is 0 Å². The highest BCUT2D eigenvalue weighted by Crippen LogP contribution is 2.45. The predicted molar refractivity (Wildman–Crippen MR) is 90.7 cm³/mol. The van der Waals surface area contributed by atoms with E-state index < -0.39 is 20.1 Å². The van der Waals surface area contributed by atoms with E-state index in [1.54, 1.807) is 0 Å². The lowest BCUT2D eigenvalue weighted by Crippen LogP contribution is -2.50. The molecule has 0 saturated heterocycles. The molecular formula is C17H28O4Si. The minimum atomic E-state index is -2.05. The van der Waals surface area contributed by atoms with Crippen molar-refractivity contribution in [3.8, 4) is 0 Å². The number of hydrogen-bond donors (Lipinski definition) is 2. The van der Waals surface area contributed by atoms with Gasteiger partial charge in [-0.25, -0.2) is 4.79 Å². The van der Waals surface area contributed by atoms with Gasteiger partial charge in [0.05, 0.1) is 21.3 Å². The summed E-state index contributed by atoms with van der Waals surface area (Å²) in [5.74, 6) is -1.17. The molecule has 0 spiro atoms. The standard InChI is InChI=1S/C17H28O4Si/c1-17(2,3)22(4,5)14(15(18)16(19)20)12-21-11-13-9-7-6-8-10-13/h6-10,14-15,18H,11-12H2,1-5H3,(H,19,20)/t14?,15-/m1/s1. The first-order chi connectivity index (χ1) is 10.1. The Labute approximate surface area is 134 Å². The Hall–Kier alpha value is -1.17. The summed E-state index contributed by atoms with van der Waals surface area (Å²) in [7, 11) is -2.05. The summed E-state index contributed by atoms with van der Waals surface area (Å²) < 4.78 is 5.75. The van der Waals surface area contributed by atoms with Gasteiger partial charge in [-0.05, 0) is 10.6 Å². The molecule has 4 nitrogen and oxygen atoms in total. The molecular weight excluding hydrogens is 296 g/mol. The third-order valence-electron chi connectivity index (χ3n) is 4.90. The number of carboxylic acids is 1. The summed E-state index contributed by atoms with van der Waals surface area (Å²) in [5, 5.41) is 19.3. The van der Waals surface area contributed by atoms with E-state index in [0.717, 1.165) is 5.56 Å². The van der Waals surface area contributed by atoms with E-state index in [4.69, 9.17) is 4.74 Å². The highest BCUT2D eigenvalue weighted by atomic mass is 28.3. The largest absolute Gasteiger partial charge is 0.479 e. The first-order valence-electron chi connectivity index (χ1n) is 7.60. The molecule has 0 aliphatic heterocycles. The van der Waals surface area contributed by atoms with Crippen LogP contribution >= 0.6 is 0 Å². The molecule has 0 radical (unpaired) electrons. The van der Waals surface area contributed by atoms with Crippen molar-refractivity contribution in [1.29, 1.82) is 0 Å². The van der Waals surface area contributed by atoms with Crippen molar-refractivity contribution >= 4 is 14.0 Å². The molecule has 124 valence electrons. The zero-order valence-corrected chi connectivity index (χ0v) is 15.2. The van der Waals surface area contributed by atoms with E-state index in [1.165, 1.54) is 0 Å². The van der Waals surface area contributed by atoms with Crippen molar-refractivity contribution in [2.24, 2.45) is 0 Å². The number of hydrogen-bond acceptors (Lipinski definition) is 3. The minimum absolute atomic E-state index is 0.0236. The van der Waals surface area contributed by atoms with Gasteiger partial charge >= 0.3 is 5.97 Å². The second kappa shape index (κ2) is 7.40. The Morgan fingerprint density at radius 1 is 1.23 bits per heavy atom. The zero-order chi connectivity index (χ0) is 17.0. The molecule has 22 heavy (non-hydrogen) atoms. The Morgan fingerprint density at radius 3 is 2.23 bits per heavy atom. The molecule has 0 aliphatic carbocycles. The zero-order valence-electron chi connectivity index (χ0n) is 14.2. The maximum Gasteiger partial charge on any atom is 0.332 e. The molecule has 1 rings (SSSR count). The molecule has 0 heterocycles. The summed E-state index contributed by atoms with van der Waals surface area (Å²) in [5.41, 5.74) is 0.690. The van der Waals surface area contributed by atoms with Crippen molar-refractivity contribution < 1.29 is 19.7 Å². The molecule has 1 aromatic carbocycles. The normalized spacial score (nSPS) is 15.4. The topological polar surface area (TPSA) is 66.8 Å². The van der Waals surface area contributed by atoms with Gasteiger partial charge in [-0.15, -0.1) is 0 Å². The van der Waals surface area contributed by atoms with Crippen LogP contribution in [0.2, 0.25) is 23.7 Å². The molecule has 0 aromatic heterocycles. The summed E-state index contributed by atoms with van der Waals surface area (Å²) in [6.45, 7) is 11.3. The molecule has 0 fully saturated rings. The van der Waals surface area contributed by atoms with E-state index in [-0.39, 0.29) is 17.2 Å². The van der Waals surface area contributed by atoms with Gasteiger partial charge in [-0.2, -0.15) is 0 Å². The van der Waals surface area contributed by atoms with Gasteiger partial charge in [0.2, 0.25) is 0 Å². The van der Waals surface area contributed by atoms with Crippen LogP contribution in [0.5, 0.6) is 0 Å². The number of aliphatic hydroxyl groups excluding tert-OH is 1. The number of aliphatic carboxylic acids is 1. The molecule has 0 bridgehead atoms. The van der Waals surface area contributed by atoms with E-state index in [0.29, 0.717) is 6.61 Å². The van der Waals surface area contributed by atoms with Crippen molar-refractivity contribution in [1.82, 2.24) is 0 Å². The molecule has 5 heteroatoms. The molecule has 0 amide bonds. The summed E-state index contributed by atoms with van der Waals surface area (Å²) in [4.78, 5) is 11.3. The number of carboxylic acid groups (broad SMARTS) is 1. The highest BCUT2D eigenvalue weighted by molar-refractivity contribution is 6.81. The smallest absolute Gasteiger partial charge is 0.332 e. The van der Waals surface area contributed by atoms with Crippen LogP contribution in [-0.2, 0) is 16.1 Å². The Kier molecular flexibility index (Phi) is 6.34. The molecule has 1 unspecified atom stereocenters. The van der Waals surface area contributed by atoms with Crippen molar-refractivity contribution in [3.05, 3.63) is 35.9 Å². The van der Waals surface area contributed by atoms with Gasteiger partial charge < -0.3 is 14.9 Å². The van der Waals surface area contributed by atoms with Gasteiger partial charge in [-0.1, -0.05) is 64.2 Å². The van der Waals surface area contributed by atoms with Crippen molar-refractivity contribution in [3.63, 3.8) is 0 Å². The number of ether oxygens (including phenoxy) is 1. The Balaban J connectivity index is 2.81. The van der Waals surface area contributed by atoms with Gasteiger partial charge in [0, 0.05) is 5.54 Å². The minimum Gasteiger partial charge on any atom is -0.479 e. The quantitative estimate of drug-likeness (QED) is 0.753.